The van der Waals surface area contributed by atoms with Crippen molar-refractivity contribution in [3.8, 4) is 21.1 Å². The second kappa shape index (κ2) is 6.76. The highest BCUT2D eigenvalue weighted by atomic mass is 32.2. The molecule has 8 heteroatoms. The zero-order chi connectivity index (χ0) is 17.3. The maximum atomic E-state index is 11.4. The largest absolute Gasteiger partial charge is 0.478 e. The molecule has 5 nitrogen and oxygen atoms in total. The standard InChI is InChI=1S/C16H11NO4S3/c1-22-8-6-10(12-2-3-13(24-12)16(20)21)17-11(7-8)14-9(15(18)19)4-5-23-14/h2-7H,1H3,(H,18,19)(H,20,21). The Hall–Kier alpha value is -2.16. The summed E-state index contributed by atoms with van der Waals surface area (Å²) in [6, 6.07) is 8.54. The fourth-order valence-corrected chi connectivity index (χ4v) is 4.24. The number of carbonyl (C=O) groups is 2. The Morgan fingerprint density at radius 2 is 1.83 bits per heavy atom. The molecular formula is C16H11NO4S3. The third-order valence-electron chi connectivity index (χ3n) is 3.23. The number of nitrogens with zero attached hydrogens (tertiary/aromatic N) is 1. The van der Waals surface area contributed by atoms with Crippen LogP contribution in [0.1, 0.15) is 20.0 Å². The fourth-order valence-electron chi connectivity index (χ4n) is 2.13. The van der Waals surface area contributed by atoms with Crippen LogP contribution in [0.25, 0.3) is 21.1 Å². The molecule has 0 atom stereocenters. The van der Waals surface area contributed by atoms with Gasteiger partial charge in [0.1, 0.15) is 4.88 Å². The highest BCUT2D eigenvalue weighted by Crippen LogP contribution is 2.35. The summed E-state index contributed by atoms with van der Waals surface area (Å²) < 4.78 is 0. The average Bonchev–Trinajstić information content (AvgIpc) is 3.23. The van der Waals surface area contributed by atoms with Crippen LogP contribution in [-0.4, -0.2) is 33.4 Å². The number of rotatable bonds is 5. The van der Waals surface area contributed by atoms with Gasteiger partial charge in [-0.2, -0.15) is 0 Å². The van der Waals surface area contributed by atoms with E-state index in [2.05, 4.69) is 4.98 Å². The Balaban J connectivity index is 2.13. The summed E-state index contributed by atoms with van der Waals surface area (Å²) in [6.45, 7) is 0. The number of hydrogen-bond donors (Lipinski definition) is 2. The summed E-state index contributed by atoms with van der Waals surface area (Å²) in [5.41, 5.74) is 1.43. The number of carboxylic acid groups (broad SMARTS) is 2. The summed E-state index contributed by atoms with van der Waals surface area (Å²) >= 11 is 3.99. The molecule has 0 spiro atoms. The minimum absolute atomic E-state index is 0.217. The van der Waals surface area contributed by atoms with E-state index in [0.29, 0.717) is 16.3 Å². The lowest BCUT2D eigenvalue weighted by atomic mass is 10.2. The van der Waals surface area contributed by atoms with Crippen molar-refractivity contribution in [1.82, 2.24) is 4.98 Å². The molecule has 0 saturated heterocycles. The van der Waals surface area contributed by atoms with Crippen LogP contribution in [0.5, 0.6) is 0 Å². The van der Waals surface area contributed by atoms with E-state index in [1.165, 1.54) is 23.1 Å². The number of aromatic carboxylic acids is 2. The van der Waals surface area contributed by atoms with Crippen LogP contribution in [0.4, 0.5) is 0 Å². The van der Waals surface area contributed by atoms with Gasteiger partial charge < -0.3 is 10.2 Å². The van der Waals surface area contributed by atoms with Gasteiger partial charge in [-0.1, -0.05) is 0 Å². The van der Waals surface area contributed by atoms with E-state index in [1.54, 1.807) is 23.6 Å². The number of carboxylic acids is 2. The SMILES string of the molecule is CSc1cc(-c2ccc(C(=O)O)s2)nc(-c2sccc2C(=O)O)c1. The van der Waals surface area contributed by atoms with Gasteiger partial charge in [0.15, 0.2) is 0 Å². The Morgan fingerprint density at radius 3 is 2.46 bits per heavy atom. The van der Waals surface area contributed by atoms with Crippen LogP contribution >= 0.6 is 34.4 Å². The molecule has 0 bridgehead atoms. The van der Waals surface area contributed by atoms with E-state index >= 15 is 0 Å². The topological polar surface area (TPSA) is 87.5 Å². The van der Waals surface area contributed by atoms with Gasteiger partial charge in [-0.3, -0.25) is 0 Å². The third-order valence-corrected chi connectivity index (χ3v) is 5.97. The Kier molecular flexibility index (Phi) is 4.70. The summed E-state index contributed by atoms with van der Waals surface area (Å²) in [4.78, 5) is 29.5. The number of thiophene rings is 2. The first kappa shape index (κ1) is 16.7. The molecular weight excluding hydrogens is 366 g/mol. The van der Waals surface area contributed by atoms with Crippen molar-refractivity contribution in [3.05, 3.63) is 46.2 Å². The molecule has 0 fully saturated rings. The van der Waals surface area contributed by atoms with Crippen LogP contribution in [0, 0.1) is 0 Å². The number of pyridine rings is 1. The lowest BCUT2D eigenvalue weighted by Crippen LogP contribution is -1.97. The quantitative estimate of drug-likeness (QED) is 0.629. The van der Waals surface area contributed by atoms with Crippen molar-refractivity contribution in [2.24, 2.45) is 0 Å². The van der Waals surface area contributed by atoms with Gasteiger partial charge in [-0.15, -0.1) is 34.4 Å². The highest BCUT2D eigenvalue weighted by Gasteiger charge is 2.17. The molecule has 122 valence electrons. The van der Waals surface area contributed by atoms with Crippen LogP contribution in [0.3, 0.4) is 0 Å². The van der Waals surface area contributed by atoms with Gasteiger partial charge >= 0.3 is 11.9 Å². The van der Waals surface area contributed by atoms with Gasteiger partial charge in [0.05, 0.1) is 26.7 Å². The van der Waals surface area contributed by atoms with E-state index in [1.807, 2.05) is 18.4 Å². The zero-order valence-corrected chi connectivity index (χ0v) is 14.8. The Bertz CT molecular complexity index is 929. The van der Waals surface area contributed by atoms with Gasteiger partial charge in [0.25, 0.3) is 0 Å². The number of thioether (sulfide) groups is 1. The minimum Gasteiger partial charge on any atom is -0.478 e. The van der Waals surface area contributed by atoms with Gasteiger partial charge in [0.2, 0.25) is 0 Å². The normalized spacial score (nSPS) is 10.7. The van der Waals surface area contributed by atoms with Crippen LogP contribution in [0.2, 0.25) is 0 Å². The van der Waals surface area contributed by atoms with Crippen molar-refractivity contribution in [3.63, 3.8) is 0 Å². The fraction of sp³-hybridized carbons (Fsp3) is 0.0625. The third kappa shape index (κ3) is 3.21. The minimum atomic E-state index is -0.992. The lowest BCUT2D eigenvalue weighted by molar-refractivity contribution is 0.0689. The maximum Gasteiger partial charge on any atom is 0.345 e. The van der Waals surface area contributed by atoms with E-state index in [-0.39, 0.29) is 10.4 Å². The first-order valence-corrected chi connectivity index (χ1v) is 9.62. The van der Waals surface area contributed by atoms with Crippen molar-refractivity contribution < 1.29 is 19.8 Å². The molecule has 3 heterocycles. The summed E-state index contributed by atoms with van der Waals surface area (Å²) in [7, 11) is 0. The monoisotopic (exact) mass is 377 g/mol. The molecule has 0 radical (unpaired) electrons. The first-order chi connectivity index (χ1) is 11.5. The second-order valence-electron chi connectivity index (χ2n) is 4.72. The number of aromatic nitrogens is 1. The predicted molar refractivity (Wildman–Crippen MR) is 96.6 cm³/mol. The first-order valence-electron chi connectivity index (χ1n) is 6.70. The van der Waals surface area contributed by atoms with Gasteiger partial charge in [-0.25, -0.2) is 14.6 Å². The lowest BCUT2D eigenvalue weighted by Gasteiger charge is -2.06. The Labute approximate surface area is 149 Å². The highest BCUT2D eigenvalue weighted by molar-refractivity contribution is 7.98. The molecule has 0 aliphatic rings. The van der Waals surface area contributed by atoms with Crippen molar-refractivity contribution in [2.45, 2.75) is 4.90 Å². The van der Waals surface area contributed by atoms with Gasteiger partial charge in [0, 0.05) is 4.90 Å². The molecule has 0 amide bonds. The Morgan fingerprint density at radius 1 is 1.08 bits per heavy atom. The van der Waals surface area contributed by atoms with E-state index in [4.69, 9.17) is 5.11 Å². The summed E-state index contributed by atoms with van der Waals surface area (Å²) in [5, 5.41) is 20.1. The predicted octanol–water partition coefficient (Wildman–Crippen LogP) is 4.66. The van der Waals surface area contributed by atoms with Crippen molar-refractivity contribution in [1.29, 1.82) is 0 Å². The van der Waals surface area contributed by atoms with Gasteiger partial charge in [-0.05, 0) is 42.0 Å². The van der Waals surface area contributed by atoms with E-state index in [0.717, 1.165) is 21.1 Å². The second-order valence-corrected chi connectivity index (χ2v) is 7.59. The number of hydrogen-bond acceptors (Lipinski definition) is 6. The van der Waals surface area contributed by atoms with Crippen LogP contribution < -0.4 is 0 Å². The molecule has 3 aromatic heterocycles. The molecule has 0 unspecified atom stereocenters. The molecule has 24 heavy (non-hydrogen) atoms. The van der Waals surface area contributed by atoms with E-state index < -0.39 is 11.9 Å². The van der Waals surface area contributed by atoms with Crippen LogP contribution in [-0.2, 0) is 0 Å². The van der Waals surface area contributed by atoms with Crippen molar-refractivity contribution >= 4 is 46.4 Å². The molecule has 3 rings (SSSR count). The molecule has 0 aromatic carbocycles. The molecule has 0 aliphatic heterocycles. The summed E-state index contributed by atoms with van der Waals surface area (Å²) in [5.74, 6) is -1.97. The maximum absolute atomic E-state index is 11.4. The average molecular weight is 377 g/mol. The molecule has 0 saturated carbocycles. The molecule has 2 N–H and O–H groups in total. The van der Waals surface area contributed by atoms with Crippen molar-refractivity contribution in [2.75, 3.05) is 6.26 Å². The molecule has 0 aliphatic carbocycles. The molecule has 3 aromatic rings. The summed E-state index contributed by atoms with van der Waals surface area (Å²) in [6.07, 6.45) is 1.92. The smallest absolute Gasteiger partial charge is 0.345 e. The zero-order valence-electron chi connectivity index (χ0n) is 12.3. The van der Waals surface area contributed by atoms with Crippen LogP contribution in [0.15, 0.2) is 40.6 Å². The van der Waals surface area contributed by atoms with E-state index in [9.17, 15) is 14.7 Å².